The van der Waals surface area contributed by atoms with Crippen molar-refractivity contribution in [3.05, 3.63) is 66.2 Å². The van der Waals surface area contributed by atoms with Crippen LogP contribution in [0.3, 0.4) is 0 Å². The normalized spacial score (nSPS) is 19.3. The molecule has 32 heavy (non-hydrogen) atoms. The fourth-order valence-corrected chi connectivity index (χ4v) is 5.00. The van der Waals surface area contributed by atoms with Gasteiger partial charge in [-0.3, -0.25) is 9.69 Å². The molecule has 1 saturated carbocycles. The Balaban J connectivity index is 1.37. The van der Waals surface area contributed by atoms with Gasteiger partial charge in [-0.2, -0.15) is 0 Å². The van der Waals surface area contributed by atoms with Crippen LogP contribution in [0.4, 0.5) is 10.5 Å². The number of nitrogens with one attached hydrogen (secondary N) is 2. The average Bonchev–Trinajstić information content (AvgIpc) is 3.35. The zero-order valence-electron chi connectivity index (χ0n) is 18.9. The molecule has 1 aliphatic carbocycles. The largest absolute Gasteiger partial charge is 0.348 e. The molecular formula is C26H34N4O2. The molecule has 6 heteroatoms. The van der Waals surface area contributed by atoms with E-state index in [1.165, 1.54) is 12.8 Å². The highest BCUT2D eigenvalue weighted by molar-refractivity contribution is 5.89. The van der Waals surface area contributed by atoms with E-state index in [0.717, 1.165) is 37.2 Å². The highest BCUT2D eigenvalue weighted by Gasteiger charge is 2.37. The molecule has 1 saturated heterocycles. The van der Waals surface area contributed by atoms with Gasteiger partial charge in [0.05, 0.1) is 12.1 Å². The number of urea groups is 1. The minimum Gasteiger partial charge on any atom is -0.348 e. The van der Waals surface area contributed by atoms with E-state index in [1.807, 2.05) is 60.4 Å². The molecule has 0 radical (unpaired) electrons. The maximum absolute atomic E-state index is 13.4. The number of para-hydroxylation sites is 1. The van der Waals surface area contributed by atoms with Gasteiger partial charge in [0.2, 0.25) is 5.91 Å². The minimum absolute atomic E-state index is 0.0226. The third-order valence-corrected chi connectivity index (χ3v) is 6.79. The Bertz CT molecular complexity index is 875. The van der Waals surface area contributed by atoms with Crippen LogP contribution in [0, 0.1) is 5.92 Å². The summed E-state index contributed by atoms with van der Waals surface area (Å²) in [5.41, 5.74) is 1.92. The molecule has 2 atom stereocenters. The smallest absolute Gasteiger partial charge is 0.321 e. The molecule has 2 aromatic rings. The van der Waals surface area contributed by atoms with E-state index in [0.29, 0.717) is 19.0 Å². The van der Waals surface area contributed by atoms with Gasteiger partial charge < -0.3 is 15.5 Å². The second kappa shape index (κ2) is 10.6. The first kappa shape index (κ1) is 22.3. The van der Waals surface area contributed by atoms with Crippen LogP contribution in [0.1, 0.15) is 44.2 Å². The van der Waals surface area contributed by atoms with Crippen molar-refractivity contribution in [1.82, 2.24) is 15.1 Å². The Labute approximate surface area is 191 Å². The van der Waals surface area contributed by atoms with E-state index in [9.17, 15) is 9.59 Å². The highest BCUT2D eigenvalue weighted by atomic mass is 16.2. The number of hydrogen-bond acceptors (Lipinski definition) is 3. The Hall–Kier alpha value is -2.86. The van der Waals surface area contributed by atoms with Crippen LogP contribution in [0.25, 0.3) is 0 Å². The number of carbonyl (C=O) groups excluding carboxylic acids is 2. The molecule has 2 aromatic carbocycles. The predicted octanol–water partition coefficient (Wildman–Crippen LogP) is 4.27. The van der Waals surface area contributed by atoms with E-state index >= 15 is 0 Å². The summed E-state index contributed by atoms with van der Waals surface area (Å²) in [5, 5.41) is 6.23. The van der Waals surface area contributed by atoms with Crippen LogP contribution in [0.15, 0.2) is 60.7 Å². The number of piperazine rings is 1. The van der Waals surface area contributed by atoms with E-state index in [2.05, 4.69) is 27.7 Å². The van der Waals surface area contributed by atoms with E-state index in [4.69, 9.17) is 0 Å². The first-order valence-electron chi connectivity index (χ1n) is 11.8. The Morgan fingerprint density at radius 2 is 1.47 bits per heavy atom. The molecule has 170 valence electrons. The summed E-state index contributed by atoms with van der Waals surface area (Å²) < 4.78 is 0. The Morgan fingerprint density at radius 1 is 0.875 bits per heavy atom. The Morgan fingerprint density at radius 3 is 2.09 bits per heavy atom. The second-order valence-corrected chi connectivity index (χ2v) is 8.95. The van der Waals surface area contributed by atoms with Crippen molar-refractivity contribution in [3.8, 4) is 0 Å². The van der Waals surface area contributed by atoms with Gasteiger partial charge in [-0.15, -0.1) is 0 Å². The molecule has 6 nitrogen and oxygen atoms in total. The van der Waals surface area contributed by atoms with Gasteiger partial charge in [0.15, 0.2) is 0 Å². The second-order valence-electron chi connectivity index (χ2n) is 8.95. The van der Waals surface area contributed by atoms with Crippen molar-refractivity contribution in [2.24, 2.45) is 5.92 Å². The average molecular weight is 435 g/mol. The van der Waals surface area contributed by atoms with Crippen LogP contribution in [0.2, 0.25) is 0 Å². The lowest BCUT2D eigenvalue weighted by Gasteiger charge is -2.41. The molecule has 4 rings (SSSR count). The monoisotopic (exact) mass is 434 g/mol. The predicted molar refractivity (Wildman–Crippen MR) is 127 cm³/mol. The number of amides is 3. The molecule has 1 heterocycles. The minimum atomic E-state index is -0.122. The fourth-order valence-electron chi connectivity index (χ4n) is 5.00. The molecule has 0 unspecified atom stereocenters. The molecule has 2 fully saturated rings. The van der Waals surface area contributed by atoms with Crippen LogP contribution in [-0.4, -0.2) is 54.0 Å². The number of carbonyl (C=O) groups is 2. The van der Waals surface area contributed by atoms with Gasteiger partial charge in [-0.1, -0.05) is 61.4 Å². The van der Waals surface area contributed by atoms with Crippen molar-refractivity contribution >= 4 is 17.6 Å². The summed E-state index contributed by atoms with van der Waals surface area (Å²) in [5.74, 6) is 0.512. The summed E-state index contributed by atoms with van der Waals surface area (Å²) in [6.07, 6.45) is 4.60. The van der Waals surface area contributed by atoms with Gasteiger partial charge in [-0.05, 0) is 43.4 Å². The van der Waals surface area contributed by atoms with Crippen LogP contribution >= 0.6 is 0 Å². The molecule has 0 spiro atoms. The Kier molecular flexibility index (Phi) is 7.43. The molecule has 3 amide bonds. The lowest BCUT2D eigenvalue weighted by Crippen LogP contribution is -2.58. The van der Waals surface area contributed by atoms with E-state index < -0.39 is 0 Å². The molecule has 2 N–H and O–H groups in total. The van der Waals surface area contributed by atoms with Crippen LogP contribution in [0.5, 0.6) is 0 Å². The maximum atomic E-state index is 13.4. The molecule has 0 bridgehead atoms. The van der Waals surface area contributed by atoms with Gasteiger partial charge in [0.25, 0.3) is 0 Å². The third-order valence-electron chi connectivity index (χ3n) is 6.79. The van der Waals surface area contributed by atoms with Gasteiger partial charge in [0.1, 0.15) is 0 Å². The number of nitrogens with zero attached hydrogens (tertiary/aromatic N) is 2. The SMILES string of the molecule is C[C@H](NC(=O)[C@H](C1CCCC1)N1CCN(C(=O)Nc2ccccc2)CC1)c1ccccc1. The maximum Gasteiger partial charge on any atom is 0.321 e. The van der Waals surface area contributed by atoms with Crippen molar-refractivity contribution in [1.29, 1.82) is 0 Å². The van der Waals surface area contributed by atoms with E-state index in [-0.39, 0.29) is 24.0 Å². The summed E-state index contributed by atoms with van der Waals surface area (Å²) in [4.78, 5) is 30.2. The molecule has 1 aliphatic heterocycles. The highest BCUT2D eigenvalue weighted by Crippen LogP contribution is 2.31. The summed E-state index contributed by atoms with van der Waals surface area (Å²) in [7, 11) is 0. The van der Waals surface area contributed by atoms with E-state index in [1.54, 1.807) is 0 Å². The van der Waals surface area contributed by atoms with Crippen LogP contribution in [-0.2, 0) is 4.79 Å². The zero-order chi connectivity index (χ0) is 22.3. The fraction of sp³-hybridized carbons (Fsp3) is 0.462. The van der Waals surface area contributed by atoms with Gasteiger partial charge >= 0.3 is 6.03 Å². The van der Waals surface area contributed by atoms with Gasteiger partial charge in [-0.25, -0.2) is 4.79 Å². The number of rotatable bonds is 6. The van der Waals surface area contributed by atoms with Gasteiger partial charge in [0, 0.05) is 31.9 Å². The zero-order valence-corrected chi connectivity index (χ0v) is 18.9. The standard InChI is InChI=1S/C26H34N4O2/c1-20(21-10-4-2-5-11-21)27-25(31)24(22-12-8-9-13-22)29-16-18-30(19-17-29)26(32)28-23-14-6-3-7-15-23/h2-7,10-11,14-15,20,22,24H,8-9,12-13,16-19H2,1H3,(H,27,31)(H,28,32)/t20-,24-/m0/s1. The first-order valence-corrected chi connectivity index (χ1v) is 11.8. The molecule has 0 aromatic heterocycles. The molecular weight excluding hydrogens is 400 g/mol. The summed E-state index contributed by atoms with van der Waals surface area (Å²) in [6.45, 7) is 4.74. The summed E-state index contributed by atoms with van der Waals surface area (Å²) in [6, 6.07) is 19.4. The third kappa shape index (κ3) is 5.49. The van der Waals surface area contributed by atoms with Crippen LogP contribution < -0.4 is 10.6 Å². The first-order chi connectivity index (χ1) is 15.6. The van der Waals surface area contributed by atoms with Crippen molar-refractivity contribution in [3.63, 3.8) is 0 Å². The van der Waals surface area contributed by atoms with Crippen molar-refractivity contribution < 1.29 is 9.59 Å². The topological polar surface area (TPSA) is 64.7 Å². The quantitative estimate of drug-likeness (QED) is 0.714. The number of anilines is 1. The summed E-state index contributed by atoms with van der Waals surface area (Å²) >= 11 is 0. The van der Waals surface area contributed by atoms with Crippen molar-refractivity contribution in [2.45, 2.75) is 44.7 Å². The lowest BCUT2D eigenvalue weighted by atomic mass is 9.94. The molecule has 2 aliphatic rings. The number of benzene rings is 2. The lowest BCUT2D eigenvalue weighted by molar-refractivity contribution is -0.129. The number of hydrogen-bond donors (Lipinski definition) is 2. The van der Waals surface area contributed by atoms with Crippen molar-refractivity contribution in [2.75, 3.05) is 31.5 Å².